The topological polar surface area (TPSA) is 60.9 Å². The van der Waals surface area contributed by atoms with E-state index in [-0.39, 0.29) is 42.3 Å². The molecule has 0 saturated carbocycles. The number of carbonyl (C=O) groups excluding carboxylic acids is 1. The second-order valence-corrected chi connectivity index (χ2v) is 8.60. The Hall–Kier alpha value is -2.60. The largest absolute Gasteiger partial charge is 0.487 e. The molecule has 3 aliphatic rings. The van der Waals surface area contributed by atoms with Crippen molar-refractivity contribution in [1.29, 1.82) is 0 Å². The fourth-order valence-corrected chi connectivity index (χ4v) is 5.01. The summed E-state index contributed by atoms with van der Waals surface area (Å²) in [7, 11) is 0. The lowest BCUT2D eigenvalue weighted by molar-refractivity contribution is -0.168. The number of benzene rings is 1. The van der Waals surface area contributed by atoms with Crippen LogP contribution in [0.25, 0.3) is 0 Å². The molecule has 29 heavy (non-hydrogen) atoms. The van der Waals surface area contributed by atoms with Gasteiger partial charge < -0.3 is 19.1 Å². The fraction of sp³-hybridized carbons (Fsp3) is 0.478. The predicted octanol–water partition coefficient (Wildman–Crippen LogP) is 3.38. The van der Waals surface area contributed by atoms with E-state index in [4.69, 9.17) is 14.2 Å². The molecule has 0 spiro atoms. The van der Waals surface area contributed by atoms with Crippen molar-refractivity contribution in [2.75, 3.05) is 13.2 Å². The number of nitrogens with zero attached hydrogens (tertiary/aromatic N) is 2. The zero-order valence-corrected chi connectivity index (χ0v) is 16.8. The summed E-state index contributed by atoms with van der Waals surface area (Å²) in [6.07, 6.45) is 5.10. The molecule has 1 aromatic heterocycles. The smallest absolute Gasteiger partial charge is 0.260 e. The zero-order valence-electron chi connectivity index (χ0n) is 16.8. The van der Waals surface area contributed by atoms with Gasteiger partial charge in [0.15, 0.2) is 6.61 Å². The highest BCUT2D eigenvalue weighted by Crippen LogP contribution is 2.52. The molecule has 152 valence electrons. The maximum atomic E-state index is 12.9. The zero-order chi connectivity index (χ0) is 20.0. The number of hydrogen-bond acceptors (Lipinski definition) is 5. The molecule has 0 aliphatic carbocycles. The van der Waals surface area contributed by atoms with E-state index in [0.29, 0.717) is 12.3 Å². The average molecular weight is 394 g/mol. The summed E-state index contributed by atoms with van der Waals surface area (Å²) in [4.78, 5) is 18.8. The molecule has 1 aromatic carbocycles. The van der Waals surface area contributed by atoms with Gasteiger partial charge in [0.2, 0.25) is 0 Å². The van der Waals surface area contributed by atoms with Crippen LogP contribution in [0.15, 0.2) is 48.8 Å². The summed E-state index contributed by atoms with van der Waals surface area (Å²) in [5, 5.41) is 0. The van der Waals surface area contributed by atoms with Gasteiger partial charge in [0.25, 0.3) is 5.91 Å². The fourth-order valence-electron chi connectivity index (χ4n) is 5.01. The van der Waals surface area contributed by atoms with Crippen LogP contribution in [0.5, 0.6) is 11.5 Å². The summed E-state index contributed by atoms with van der Waals surface area (Å²) in [5.74, 6) is 1.70. The standard InChI is InChI=1S/C23H26N2O4/c1-23(2)17-12-18-20(28-22(17)16-7-3-4-8-19(16)29-23)9-11-25(18)21(26)14-27-15-6-5-10-24-13-15/h3-8,10,13,17-18,20,22H,9,11-12,14H2,1-2H3/t17-,18-,20-,22+/m1/s1. The Labute approximate surface area is 170 Å². The van der Waals surface area contributed by atoms with Crippen LogP contribution in [0.2, 0.25) is 0 Å². The van der Waals surface area contributed by atoms with Crippen molar-refractivity contribution in [1.82, 2.24) is 9.88 Å². The maximum absolute atomic E-state index is 12.9. The van der Waals surface area contributed by atoms with Gasteiger partial charge in [-0.05, 0) is 44.9 Å². The van der Waals surface area contributed by atoms with Crippen LogP contribution >= 0.6 is 0 Å². The summed E-state index contributed by atoms with van der Waals surface area (Å²) < 4.78 is 18.6. The Morgan fingerprint density at radius 1 is 1.28 bits per heavy atom. The number of aromatic nitrogens is 1. The molecule has 2 aromatic rings. The number of ether oxygens (including phenoxy) is 3. The third-order valence-corrected chi connectivity index (χ3v) is 6.47. The Morgan fingerprint density at radius 3 is 2.97 bits per heavy atom. The van der Waals surface area contributed by atoms with Crippen molar-refractivity contribution < 1.29 is 19.0 Å². The van der Waals surface area contributed by atoms with Gasteiger partial charge in [0, 0.05) is 24.2 Å². The SMILES string of the molecule is CC1(C)Oc2ccccc2[C@@H]2O[C@@H]3CCN(C(=O)COc4cccnc4)[C@@H]3C[C@H]21. The maximum Gasteiger partial charge on any atom is 0.260 e. The van der Waals surface area contributed by atoms with E-state index in [1.165, 1.54) is 0 Å². The van der Waals surface area contributed by atoms with Gasteiger partial charge in [-0.15, -0.1) is 0 Å². The lowest BCUT2D eigenvalue weighted by Gasteiger charge is -2.50. The molecule has 4 heterocycles. The van der Waals surface area contributed by atoms with Crippen LogP contribution < -0.4 is 9.47 Å². The number of amides is 1. The Kier molecular flexibility index (Phi) is 4.46. The van der Waals surface area contributed by atoms with E-state index in [1.54, 1.807) is 24.5 Å². The highest BCUT2D eigenvalue weighted by atomic mass is 16.5. The van der Waals surface area contributed by atoms with E-state index in [0.717, 1.165) is 24.2 Å². The molecule has 0 unspecified atom stereocenters. The normalized spacial score (nSPS) is 29.2. The third-order valence-electron chi connectivity index (χ3n) is 6.47. The van der Waals surface area contributed by atoms with E-state index in [1.807, 2.05) is 23.1 Å². The number of rotatable bonds is 3. The Morgan fingerprint density at radius 2 is 2.14 bits per heavy atom. The quantitative estimate of drug-likeness (QED) is 0.799. The van der Waals surface area contributed by atoms with Crippen molar-refractivity contribution >= 4 is 5.91 Å². The van der Waals surface area contributed by atoms with Crippen LogP contribution in [0.4, 0.5) is 0 Å². The molecule has 6 nitrogen and oxygen atoms in total. The summed E-state index contributed by atoms with van der Waals surface area (Å²) in [6.45, 7) is 4.96. The molecule has 4 atom stereocenters. The van der Waals surface area contributed by atoms with Gasteiger partial charge >= 0.3 is 0 Å². The average Bonchev–Trinajstić information content (AvgIpc) is 3.15. The second kappa shape index (κ2) is 7.02. The predicted molar refractivity (Wildman–Crippen MR) is 107 cm³/mol. The van der Waals surface area contributed by atoms with Crippen LogP contribution in [-0.2, 0) is 9.53 Å². The van der Waals surface area contributed by atoms with Crippen LogP contribution in [0, 0.1) is 5.92 Å². The first-order valence-electron chi connectivity index (χ1n) is 10.3. The van der Waals surface area contributed by atoms with Crippen molar-refractivity contribution in [2.24, 2.45) is 5.92 Å². The third kappa shape index (κ3) is 3.25. The van der Waals surface area contributed by atoms with E-state index in [9.17, 15) is 4.79 Å². The monoisotopic (exact) mass is 394 g/mol. The van der Waals surface area contributed by atoms with E-state index < -0.39 is 0 Å². The molecule has 5 rings (SSSR count). The van der Waals surface area contributed by atoms with Gasteiger partial charge in [-0.3, -0.25) is 9.78 Å². The van der Waals surface area contributed by atoms with Gasteiger partial charge in [-0.1, -0.05) is 18.2 Å². The minimum absolute atomic E-state index is 0.00154. The molecule has 0 N–H and O–H groups in total. The second-order valence-electron chi connectivity index (χ2n) is 8.60. The van der Waals surface area contributed by atoms with Gasteiger partial charge in [0.05, 0.1) is 24.4 Å². The molecular weight excluding hydrogens is 368 g/mol. The highest BCUT2D eigenvalue weighted by Gasteiger charge is 2.53. The van der Waals surface area contributed by atoms with Crippen LogP contribution in [0.3, 0.4) is 0 Å². The molecule has 1 amide bonds. The summed E-state index contributed by atoms with van der Waals surface area (Å²) in [5.41, 5.74) is 0.771. The van der Waals surface area contributed by atoms with Crippen molar-refractivity contribution in [3.63, 3.8) is 0 Å². The van der Waals surface area contributed by atoms with Crippen LogP contribution in [-0.4, -0.2) is 46.7 Å². The molecular formula is C23H26N2O4. The van der Waals surface area contributed by atoms with Crippen molar-refractivity contribution in [3.05, 3.63) is 54.4 Å². The first-order valence-corrected chi connectivity index (χ1v) is 10.3. The molecule has 6 heteroatoms. The lowest BCUT2D eigenvalue weighted by Crippen LogP contribution is -2.55. The summed E-state index contributed by atoms with van der Waals surface area (Å²) >= 11 is 0. The lowest BCUT2D eigenvalue weighted by atomic mass is 9.74. The van der Waals surface area contributed by atoms with Gasteiger partial charge in [-0.2, -0.15) is 0 Å². The minimum atomic E-state index is -0.354. The number of carbonyl (C=O) groups is 1. The minimum Gasteiger partial charge on any atom is -0.487 e. The van der Waals surface area contributed by atoms with Gasteiger partial charge in [0.1, 0.15) is 17.1 Å². The number of para-hydroxylation sites is 1. The number of pyridine rings is 1. The number of hydrogen-bond donors (Lipinski definition) is 0. The molecule has 0 bridgehead atoms. The number of likely N-dealkylation sites (tertiary alicyclic amines) is 1. The van der Waals surface area contributed by atoms with E-state index in [2.05, 4.69) is 24.9 Å². The summed E-state index contributed by atoms with van der Waals surface area (Å²) in [6, 6.07) is 11.8. The Bertz CT molecular complexity index is 901. The van der Waals surface area contributed by atoms with Gasteiger partial charge in [-0.25, -0.2) is 0 Å². The first-order chi connectivity index (χ1) is 14.0. The van der Waals surface area contributed by atoms with Crippen LogP contribution in [0.1, 0.15) is 38.4 Å². The molecule has 2 saturated heterocycles. The molecule has 0 radical (unpaired) electrons. The number of fused-ring (bicyclic) bond motifs is 4. The molecule has 2 fully saturated rings. The van der Waals surface area contributed by atoms with Crippen molar-refractivity contribution in [3.8, 4) is 11.5 Å². The van der Waals surface area contributed by atoms with E-state index >= 15 is 0 Å². The van der Waals surface area contributed by atoms with Crippen molar-refractivity contribution in [2.45, 2.75) is 50.5 Å². The first kappa shape index (κ1) is 18.4. The molecule has 3 aliphatic heterocycles. The Balaban J connectivity index is 1.33. The highest BCUT2D eigenvalue weighted by molar-refractivity contribution is 5.78.